The topological polar surface area (TPSA) is 102 Å². The quantitative estimate of drug-likeness (QED) is 0.173. The first-order valence-corrected chi connectivity index (χ1v) is 13.7. The van der Waals surface area contributed by atoms with Gasteiger partial charge in [-0.15, -0.1) is 0 Å². The third-order valence-corrected chi connectivity index (χ3v) is 5.82. The molecule has 0 aliphatic rings. The van der Waals surface area contributed by atoms with Crippen molar-refractivity contribution in [2.24, 2.45) is 0 Å². The summed E-state index contributed by atoms with van der Waals surface area (Å²) in [5.41, 5.74) is 1.22. The number of hydrogen-bond donors (Lipinski definition) is 3. The molecule has 0 saturated heterocycles. The minimum absolute atomic E-state index is 0.160. The molecule has 0 aliphatic carbocycles. The van der Waals surface area contributed by atoms with Crippen molar-refractivity contribution in [3.63, 3.8) is 0 Å². The SMILES string of the molecule is CCCNc1nc(Nc2cccc(F)c2)ncc1C#CCCCNC(=O)[C@H](CCC)N(C)C(=O)C=CCN(C)C. The Balaban J connectivity index is 1.93. The third-order valence-electron chi connectivity index (χ3n) is 5.82. The van der Waals surface area contributed by atoms with E-state index in [2.05, 4.69) is 44.7 Å². The lowest BCUT2D eigenvalue weighted by Gasteiger charge is -2.26. The van der Waals surface area contributed by atoms with E-state index in [1.807, 2.05) is 25.9 Å². The van der Waals surface area contributed by atoms with Crippen LogP contribution in [0.15, 0.2) is 42.6 Å². The van der Waals surface area contributed by atoms with Gasteiger partial charge < -0.3 is 25.8 Å². The van der Waals surface area contributed by atoms with Crippen LogP contribution in [0.1, 0.15) is 51.5 Å². The highest BCUT2D eigenvalue weighted by Crippen LogP contribution is 2.18. The average molecular weight is 552 g/mol. The number of aromatic nitrogens is 2. The van der Waals surface area contributed by atoms with Gasteiger partial charge in [0.25, 0.3) is 0 Å². The van der Waals surface area contributed by atoms with E-state index in [1.54, 1.807) is 31.5 Å². The summed E-state index contributed by atoms with van der Waals surface area (Å²) < 4.78 is 13.5. The molecule has 1 heterocycles. The van der Waals surface area contributed by atoms with Crippen molar-refractivity contribution >= 4 is 29.3 Å². The summed E-state index contributed by atoms with van der Waals surface area (Å²) in [5.74, 6) is 6.49. The molecule has 10 heteroatoms. The van der Waals surface area contributed by atoms with Crippen molar-refractivity contribution in [2.45, 2.75) is 52.0 Å². The van der Waals surface area contributed by atoms with Crippen LogP contribution in [0.5, 0.6) is 0 Å². The maximum atomic E-state index is 13.5. The molecule has 2 aromatic rings. The first-order valence-electron chi connectivity index (χ1n) is 13.7. The molecular formula is C30H42FN7O2. The molecule has 2 amide bonds. The molecule has 2 rings (SSSR count). The van der Waals surface area contributed by atoms with Gasteiger partial charge >= 0.3 is 0 Å². The van der Waals surface area contributed by atoms with Crippen LogP contribution in [0, 0.1) is 17.7 Å². The van der Waals surface area contributed by atoms with Crippen LogP contribution in [-0.4, -0.2) is 78.4 Å². The van der Waals surface area contributed by atoms with Crippen molar-refractivity contribution < 1.29 is 14.0 Å². The number of benzene rings is 1. The highest BCUT2D eigenvalue weighted by Gasteiger charge is 2.24. The summed E-state index contributed by atoms with van der Waals surface area (Å²) in [4.78, 5) is 37.6. The molecule has 0 unspecified atom stereocenters. The van der Waals surface area contributed by atoms with Crippen LogP contribution < -0.4 is 16.0 Å². The number of likely N-dealkylation sites (N-methyl/N-ethyl adjacent to an activating group) is 2. The molecule has 1 atom stereocenters. The number of halogens is 1. The lowest BCUT2D eigenvalue weighted by Crippen LogP contribution is -2.47. The molecule has 0 spiro atoms. The number of unbranched alkanes of at least 4 members (excludes halogenated alkanes) is 1. The van der Waals surface area contributed by atoms with Gasteiger partial charge in [-0.3, -0.25) is 9.59 Å². The molecule has 0 aliphatic heterocycles. The summed E-state index contributed by atoms with van der Waals surface area (Å²) in [6.45, 7) is 5.88. The fraction of sp³-hybridized carbons (Fsp3) is 0.467. The van der Waals surface area contributed by atoms with Crippen LogP contribution in [0.25, 0.3) is 0 Å². The maximum Gasteiger partial charge on any atom is 0.246 e. The second-order valence-corrected chi connectivity index (χ2v) is 9.63. The van der Waals surface area contributed by atoms with Gasteiger partial charge in [0.15, 0.2) is 0 Å². The second-order valence-electron chi connectivity index (χ2n) is 9.63. The highest BCUT2D eigenvalue weighted by molar-refractivity contribution is 5.92. The lowest BCUT2D eigenvalue weighted by atomic mass is 10.1. The van der Waals surface area contributed by atoms with E-state index in [4.69, 9.17) is 0 Å². The van der Waals surface area contributed by atoms with Gasteiger partial charge in [0.05, 0.1) is 11.8 Å². The van der Waals surface area contributed by atoms with E-state index >= 15 is 0 Å². The molecule has 0 bridgehead atoms. The number of nitrogens with zero attached hydrogens (tertiary/aromatic N) is 4. The Morgan fingerprint density at radius 2 is 1.95 bits per heavy atom. The van der Waals surface area contributed by atoms with Crippen LogP contribution in [0.2, 0.25) is 0 Å². The summed E-state index contributed by atoms with van der Waals surface area (Å²) in [6.07, 6.45) is 8.46. The fourth-order valence-electron chi connectivity index (χ4n) is 3.68. The standard InChI is InChI=1S/C30H42FN7O2/c1-6-13-26(38(5)27(39)17-12-20-37(3)4)29(40)33-19-10-8-9-14-23-22-34-30(36-28(23)32-18-7-2)35-25-16-11-15-24(31)21-25/h11-12,15-17,21-22,26H,6-8,10,13,18-20H2,1-5H3,(H,33,40)(H2,32,34,35,36)/t26-/m0/s1. The first kappa shape index (κ1) is 32.2. The maximum absolute atomic E-state index is 13.5. The summed E-state index contributed by atoms with van der Waals surface area (Å²) in [7, 11) is 5.52. The van der Waals surface area contributed by atoms with Crippen molar-refractivity contribution in [3.8, 4) is 11.8 Å². The molecule has 216 valence electrons. The Hall–Kier alpha value is -3.97. The molecule has 40 heavy (non-hydrogen) atoms. The van der Waals surface area contributed by atoms with E-state index in [9.17, 15) is 14.0 Å². The zero-order valence-electron chi connectivity index (χ0n) is 24.3. The van der Waals surface area contributed by atoms with Crippen LogP contribution >= 0.6 is 0 Å². The van der Waals surface area contributed by atoms with Crippen molar-refractivity contribution in [1.29, 1.82) is 0 Å². The Morgan fingerprint density at radius 3 is 2.65 bits per heavy atom. The van der Waals surface area contributed by atoms with Gasteiger partial charge in [-0.05, 0) is 51.6 Å². The fourth-order valence-corrected chi connectivity index (χ4v) is 3.68. The van der Waals surface area contributed by atoms with Gasteiger partial charge in [0.1, 0.15) is 17.7 Å². The normalized spacial score (nSPS) is 11.6. The number of carbonyl (C=O) groups is 2. The Kier molecular flexibility index (Phi) is 14.2. The first-order chi connectivity index (χ1) is 19.2. The molecule has 0 radical (unpaired) electrons. The minimum Gasteiger partial charge on any atom is -0.369 e. The van der Waals surface area contributed by atoms with E-state index < -0.39 is 6.04 Å². The largest absolute Gasteiger partial charge is 0.369 e. The predicted molar refractivity (Wildman–Crippen MR) is 159 cm³/mol. The van der Waals surface area contributed by atoms with E-state index in [0.717, 1.165) is 19.4 Å². The van der Waals surface area contributed by atoms with Gasteiger partial charge in [-0.1, -0.05) is 44.3 Å². The van der Waals surface area contributed by atoms with Gasteiger partial charge in [-0.25, -0.2) is 9.37 Å². The highest BCUT2D eigenvalue weighted by atomic mass is 19.1. The van der Waals surface area contributed by atoms with E-state index in [0.29, 0.717) is 55.4 Å². The summed E-state index contributed by atoms with van der Waals surface area (Å²) in [6, 6.07) is 5.58. The number of carbonyl (C=O) groups excluding carboxylic acids is 2. The van der Waals surface area contributed by atoms with Crippen molar-refractivity contribution in [2.75, 3.05) is 51.4 Å². The number of hydrogen-bond acceptors (Lipinski definition) is 7. The van der Waals surface area contributed by atoms with Crippen LogP contribution in [-0.2, 0) is 9.59 Å². The zero-order chi connectivity index (χ0) is 29.3. The Labute approximate surface area is 237 Å². The van der Waals surface area contributed by atoms with Gasteiger partial charge in [-0.2, -0.15) is 4.98 Å². The Bertz CT molecular complexity index is 1190. The summed E-state index contributed by atoms with van der Waals surface area (Å²) >= 11 is 0. The molecule has 3 N–H and O–H groups in total. The average Bonchev–Trinajstić information content (AvgIpc) is 2.92. The second kappa shape index (κ2) is 17.6. The molecule has 1 aromatic heterocycles. The number of rotatable bonds is 15. The number of amides is 2. The monoisotopic (exact) mass is 551 g/mol. The van der Waals surface area contributed by atoms with Crippen LogP contribution in [0.4, 0.5) is 21.8 Å². The number of nitrogens with one attached hydrogen (secondary N) is 3. The lowest BCUT2D eigenvalue weighted by molar-refractivity contribution is -0.136. The van der Waals surface area contributed by atoms with Crippen molar-refractivity contribution in [1.82, 2.24) is 25.1 Å². The zero-order valence-corrected chi connectivity index (χ0v) is 24.3. The molecular weight excluding hydrogens is 509 g/mol. The predicted octanol–water partition coefficient (Wildman–Crippen LogP) is 4.17. The molecule has 1 aromatic carbocycles. The van der Waals surface area contributed by atoms with Crippen LogP contribution in [0.3, 0.4) is 0 Å². The van der Waals surface area contributed by atoms with Gasteiger partial charge in [0, 0.05) is 44.9 Å². The molecule has 0 fully saturated rings. The van der Waals surface area contributed by atoms with E-state index in [-0.39, 0.29) is 17.6 Å². The molecule has 9 nitrogen and oxygen atoms in total. The smallest absolute Gasteiger partial charge is 0.246 e. The Morgan fingerprint density at radius 1 is 1.15 bits per heavy atom. The van der Waals surface area contributed by atoms with E-state index in [1.165, 1.54) is 23.1 Å². The minimum atomic E-state index is -0.517. The third kappa shape index (κ3) is 11.4. The number of anilines is 3. The summed E-state index contributed by atoms with van der Waals surface area (Å²) in [5, 5.41) is 9.22. The molecule has 0 saturated carbocycles. The van der Waals surface area contributed by atoms with Crippen molar-refractivity contribution in [3.05, 3.63) is 54.0 Å². The van der Waals surface area contributed by atoms with Gasteiger partial charge in [0.2, 0.25) is 17.8 Å².